The van der Waals surface area contributed by atoms with Crippen LogP contribution in [-0.2, 0) is 0 Å². The van der Waals surface area contributed by atoms with Crippen LogP contribution in [0.15, 0.2) is 40.9 Å². The lowest BCUT2D eigenvalue weighted by Crippen LogP contribution is -2.18. The molecule has 4 heteroatoms. The summed E-state index contributed by atoms with van der Waals surface area (Å²) < 4.78 is 20.3. The van der Waals surface area contributed by atoms with Gasteiger partial charge in [-0.2, -0.15) is 0 Å². The van der Waals surface area contributed by atoms with Gasteiger partial charge in [-0.25, -0.2) is 4.39 Å². The number of nitrogens with two attached hydrogens (primary N) is 1. The minimum absolute atomic E-state index is 0.285. The quantitative estimate of drug-likeness (QED) is 0.903. The summed E-state index contributed by atoms with van der Waals surface area (Å²) in [5.74, 6) is 0.454. The van der Waals surface area contributed by atoms with E-state index in [1.807, 2.05) is 32.0 Å². The molecule has 0 radical (unpaired) electrons. The third-order valence-electron chi connectivity index (χ3n) is 3.12. The normalized spacial score (nSPS) is 12.2. The summed E-state index contributed by atoms with van der Waals surface area (Å²) in [6, 6.07) is 10.2. The van der Waals surface area contributed by atoms with Crippen LogP contribution >= 0.6 is 15.9 Å². The van der Waals surface area contributed by atoms with Gasteiger partial charge < -0.3 is 10.5 Å². The second kappa shape index (κ2) is 6.37. The Balaban J connectivity index is 2.27. The van der Waals surface area contributed by atoms with E-state index in [9.17, 15) is 4.39 Å². The van der Waals surface area contributed by atoms with Crippen LogP contribution in [0.3, 0.4) is 0 Å². The van der Waals surface area contributed by atoms with Crippen molar-refractivity contribution < 1.29 is 9.13 Å². The lowest BCUT2D eigenvalue weighted by Gasteiger charge is -2.19. The van der Waals surface area contributed by atoms with Gasteiger partial charge in [0.2, 0.25) is 0 Å². The summed E-state index contributed by atoms with van der Waals surface area (Å²) in [5.41, 5.74) is 8.68. The van der Waals surface area contributed by atoms with Gasteiger partial charge in [0.15, 0.2) is 0 Å². The van der Waals surface area contributed by atoms with Crippen LogP contribution in [-0.4, -0.2) is 6.54 Å². The maximum Gasteiger partial charge on any atom is 0.136 e. The maximum absolute atomic E-state index is 13.3. The predicted octanol–water partition coefficient (Wildman–Crippen LogP) is 4.28. The zero-order valence-corrected chi connectivity index (χ0v) is 13.1. The van der Waals surface area contributed by atoms with E-state index in [4.69, 9.17) is 10.5 Å². The number of halogens is 2. The lowest BCUT2D eigenvalue weighted by molar-refractivity contribution is 0.213. The molecule has 2 nitrogen and oxygen atoms in total. The van der Waals surface area contributed by atoms with Gasteiger partial charge >= 0.3 is 0 Å². The third-order valence-corrected chi connectivity index (χ3v) is 4.37. The van der Waals surface area contributed by atoms with Gasteiger partial charge in [0, 0.05) is 11.0 Å². The Bertz CT molecular complexity index is 592. The van der Waals surface area contributed by atoms with E-state index >= 15 is 0 Å². The first-order chi connectivity index (χ1) is 9.51. The molecule has 106 valence electrons. The Hall–Kier alpha value is -1.39. The Labute approximate surface area is 126 Å². The predicted molar refractivity (Wildman–Crippen MR) is 82.4 cm³/mol. The van der Waals surface area contributed by atoms with Gasteiger partial charge in [-0.15, -0.1) is 0 Å². The fourth-order valence-electron chi connectivity index (χ4n) is 2.10. The fraction of sp³-hybridized carbons (Fsp3) is 0.250. The van der Waals surface area contributed by atoms with Crippen LogP contribution in [0.1, 0.15) is 22.8 Å². The summed E-state index contributed by atoms with van der Waals surface area (Å²) in [6.45, 7) is 4.30. The minimum Gasteiger partial charge on any atom is -0.484 e. The zero-order valence-electron chi connectivity index (χ0n) is 11.5. The van der Waals surface area contributed by atoms with Crippen molar-refractivity contribution in [3.8, 4) is 5.75 Å². The summed E-state index contributed by atoms with van der Waals surface area (Å²) >= 11 is 3.52. The third kappa shape index (κ3) is 3.38. The molecule has 2 rings (SSSR count). The van der Waals surface area contributed by atoms with E-state index in [-0.39, 0.29) is 18.5 Å². The van der Waals surface area contributed by atoms with Crippen molar-refractivity contribution >= 4 is 15.9 Å². The molecular weight excluding hydrogens is 321 g/mol. The molecule has 0 saturated carbocycles. The average Bonchev–Trinajstić information content (AvgIpc) is 2.42. The summed E-state index contributed by atoms with van der Waals surface area (Å²) in [7, 11) is 0. The van der Waals surface area contributed by atoms with Gasteiger partial charge in [-0.3, -0.25) is 0 Å². The molecule has 20 heavy (non-hydrogen) atoms. The topological polar surface area (TPSA) is 35.2 Å². The molecule has 0 aliphatic rings. The van der Waals surface area contributed by atoms with Crippen molar-refractivity contribution in [2.75, 3.05) is 6.54 Å². The first kappa shape index (κ1) is 15.0. The molecule has 2 aromatic carbocycles. The van der Waals surface area contributed by atoms with Crippen molar-refractivity contribution in [3.05, 3.63) is 63.4 Å². The van der Waals surface area contributed by atoms with Crippen LogP contribution < -0.4 is 10.5 Å². The van der Waals surface area contributed by atoms with Gasteiger partial charge in [-0.1, -0.05) is 28.1 Å². The molecule has 0 amide bonds. The van der Waals surface area contributed by atoms with Crippen molar-refractivity contribution in [2.45, 2.75) is 20.0 Å². The standard InChI is InChI=1S/C16H17BrFNO/c1-10-6-14(7-11(2)16(10)17)20-15(9-19)12-4-3-5-13(18)8-12/h3-8,15H,9,19H2,1-2H3. The number of benzene rings is 2. The van der Waals surface area contributed by atoms with Gasteiger partial charge in [0.25, 0.3) is 0 Å². The van der Waals surface area contributed by atoms with Gasteiger partial charge in [0.1, 0.15) is 17.7 Å². The SMILES string of the molecule is Cc1cc(OC(CN)c2cccc(F)c2)cc(C)c1Br. The van der Waals surface area contributed by atoms with E-state index in [1.165, 1.54) is 12.1 Å². The first-order valence-corrected chi connectivity index (χ1v) is 7.19. The minimum atomic E-state index is -0.356. The van der Waals surface area contributed by atoms with Crippen LogP contribution in [0.5, 0.6) is 5.75 Å². The van der Waals surface area contributed by atoms with Gasteiger partial charge in [-0.05, 0) is 54.8 Å². The molecule has 0 bridgehead atoms. The van der Waals surface area contributed by atoms with E-state index in [0.29, 0.717) is 0 Å². The second-order valence-corrected chi connectivity index (χ2v) is 5.56. The molecular formula is C16H17BrFNO. The molecule has 1 unspecified atom stereocenters. The Morgan fingerprint density at radius 2 is 1.85 bits per heavy atom. The fourth-order valence-corrected chi connectivity index (χ4v) is 2.33. The highest BCUT2D eigenvalue weighted by Gasteiger charge is 2.13. The largest absolute Gasteiger partial charge is 0.484 e. The number of rotatable bonds is 4. The molecule has 1 atom stereocenters. The number of ether oxygens (including phenoxy) is 1. The van der Waals surface area contributed by atoms with Crippen LogP contribution in [0, 0.1) is 19.7 Å². The zero-order chi connectivity index (χ0) is 14.7. The summed E-state index contributed by atoms with van der Waals surface area (Å²) in [5, 5.41) is 0. The van der Waals surface area contributed by atoms with Crippen LogP contribution in [0.25, 0.3) is 0 Å². The molecule has 0 aliphatic heterocycles. The smallest absolute Gasteiger partial charge is 0.136 e. The van der Waals surface area contributed by atoms with Crippen molar-refractivity contribution in [1.82, 2.24) is 0 Å². The van der Waals surface area contributed by atoms with Crippen LogP contribution in [0.4, 0.5) is 4.39 Å². The van der Waals surface area contributed by atoms with Gasteiger partial charge in [0.05, 0.1) is 0 Å². The molecule has 0 aromatic heterocycles. The molecule has 2 N–H and O–H groups in total. The monoisotopic (exact) mass is 337 g/mol. The van der Waals surface area contributed by atoms with E-state index in [2.05, 4.69) is 15.9 Å². The highest BCUT2D eigenvalue weighted by atomic mass is 79.9. The first-order valence-electron chi connectivity index (χ1n) is 6.40. The summed E-state index contributed by atoms with van der Waals surface area (Å²) in [4.78, 5) is 0. The average molecular weight is 338 g/mol. The lowest BCUT2D eigenvalue weighted by atomic mass is 10.1. The molecule has 0 saturated heterocycles. The van der Waals surface area contributed by atoms with Crippen molar-refractivity contribution in [3.63, 3.8) is 0 Å². The molecule has 2 aromatic rings. The molecule has 0 heterocycles. The maximum atomic E-state index is 13.3. The van der Waals surface area contributed by atoms with Crippen molar-refractivity contribution in [2.24, 2.45) is 5.73 Å². The van der Waals surface area contributed by atoms with E-state index in [0.717, 1.165) is 26.9 Å². The summed E-state index contributed by atoms with van der Waals surface area (Å²) in [6.07, 6.45) is -0.356. The van der Waals surface area contributed by atoms with Crippen molar-refractivity contribution in [1.29, 1.82) is 0 Å². The van der Waals surface area contributed by atoms with E-state index < -0.39 is 0 Å². The molecule has 0 aliphatic carbocycles. The highest BCUT2D eigenvalue weighted by molar-refractivity contribution is 9.10. The molecule has 0 fully saturated rings. The number of hydrogen-bond donors (Lipinski definition) is 1. The van der Waals surface area contributed by atoms with Crippen LogP contribution in [0.2, 0.25) is 0 Å². The Morgan fingerprint density at radius 3 is 2.40 bits per heavy atom. The highest BCUT2D eigenvalue weighted by Crippen LogP contribution is 2.29. The number of aryl methyl sites for hydroxylation is 2. The van der Waals surface area contributed by atoms with E-state index in [1.54, 1.807) is 6.07 Å². The Morgan fingerprint density at radius 1 is 1.20 bits per heavy atom. The second-order valence-electron chi connectivity index (χ2n) is 4.77. The molecule has 0 spiro atoms. The Kier molecular flexibility index (Phi) is 4.78. The number of hydrogen-bond acceptors (Lipinski definition) is 2.